The number of carbonyl (C=O) groups is 1. The zero-order valence-corrected chi connectivity index (χ0v) is 17.2. The Bertz CT molecular complexity index is 902. The van der Waals surface area contributed by atoms with Crippen LogP contribution < -0.4 is 14.8 Å². The Balaban J connectivity index is 1.59. The van der Waals surface area contributed by atoms with Gasteiger partial charge in [0.25, 0.3) is 5.91 Å². The molecule has 27 heavy (non-hydrogen) atoms. The van der Waals surface area contributed by atoms with Gasteiger partial charge in [-0.25, -0.2) is 0 Å². The molecule has 1 amide bonds. The Labute approximate surface area is 176 Å². The fourth-order valence-electron chi connectivity index (χ4n) is 2.31. The number of nitrogens with one attached hydrogen (secondary N) is 1. The number of ether oxygens (including phenoxy) is 2. The van der Waals surface area contributed by atoms with Gasteiger partial charge in [-0.15, -0.1) is 0 Å². The zero-order valence-electron chi connectivity index (χ0n) is 14.0. The van der Waals surface area contributed by atoms with Crippen LogP contribution in [0, 0.1) is 0 Å². The second-order valence-corrected chi connectivity index (χ2v) is 8.08. The van der Waals surface area contributed by atoms with Crippen LogP contribution in [-0.4, -0.2) is 23.4 Å². The van der Waals surface area contributed by atoms with Gasteiger partial charge in [-0.2, -0.15) is 0 Å². The molecule has 3 rings (SSSR count). The van der Waals surface area contributed by atoms with Crippen LogP contribution in [0.2, 0.25) is 10.0 Å². The SMILES string of the molecule is O=C1NC(=S)S/C1=C/c1cc(Cl)ccc1OCCCOc1ccccc1Cl. The molecular weight excluding hydrogens is 425 g/mol. The summed E-state index contributed by atoms with van der Waals surface area (Å²) in [4.78, 5) is 12.4. The lowest BCUT2D eigenvalue weighted by Crippen LogP contribution is -2.17. The molecule has 1 aliphatic heterocycles. The molecule has 1 saturated heterocycles. The first kappa shape index (κ1) is 20.0. The first-order chi connectivity index (χ1) is 13.0. The van der Waals surface area contributed by atoms with E-state index in [1.807, 2.05) is 18.2 Å². The normalized spacial score (nSPS) is 15.1. The van der Waals surface area contributed by atoms with Crippen LogP contribution in [0.5, 0.6) is 11.5 Å². The van der Waals surface area contributed by atoms with Gasteiger partial charge >= 0.3 is 0 Å². The Hall–Kier alpha value is -1.73. The Morgan fingerprint density at radius 2 is 1.81 bits per heavy atom. The third-order valence-electron chi connectivity index (χ3n) is 3.54. The fraction of sp³-hybridized carbons (Fsp3) is 0.158. The van der Waals surface area contributed by atoms with E-state index in [1.165, 1.54) is 11.8 Å². The van der Waals surface area contributed by atoms with E-state index in [0.717, 1.165) is 5.56 Å². The number of carbonyl (C=O) groups excluding carboxylic acids is 1. The van der Waals surface area contributed by atoms with E-state index in [-0.39, 0.29) is 5.91 Å². The van der Waals surface area contributed by atoms with Crippen LogP contribution in [0.15, 0.2) is 47.4 Å². The Morgan fingerprint density at radius 1 is 1.07 bits per heavy atom. The van der Waals surface area contributed by atoms with Gasteiger partial charge in [0, 0.05) is 17.0 Å². The average Bonchev–Trinajstić information content (AvgIpc) is 2.95. The maximum Gasteiger partial charge on any atom is 0.263 e. The van der Waals surface area contributed by atoms with Crippen molar-refractivity contribution >= 4 is 63.5 Å². The Morgan fingerprint density at radius 3 is 2.52 bits per heavy atom. The van der Waals surface area contributed by atoms with Crippen molar-refractivity contribution < 1.29 is 14.3 Å². The average molecular weight is 440 g/mol. The van der Waals surface area contributed by atoms with Crippen molar-refractivity contribution in [3.05, 3.63) is 63.0 Å². The summed E-state index contributed by atoms with van der Waals surface area (Å²) in [5.41, 5.74) is 0.719. The second kappa shape index (κ2) is 9.46. The van der Waals surface area contributed by atoms with Crippen LogP contribution in [0.4, 0.5) is 0 Å². The minimum absolute atomic E-state index is 0.218. The van der Waals surface area contributed by atoms with E-state index in [9.17, 15) is 4.79 Å². The van der Waals surface area contributed by atoms with E-state index in [4.69, 9.17) is 44.9 Å². The molecule has 0 saturated carbocycles. The summed E-state index contributed by atoms with van der Waals surface area (Å²) in [5, 5.41) is 3.72. The van der Waals surface area contributed by atoms with E-state index >= 15 is 0 Å². The molecule has 0 aromatic heterocycles. The predicted molar refractivity (Wildman–Crippen MR) is 115 cm³/mol. The maximum atomic E-state index is 11.9. The van der Waals surface area contributed by atoms with Gasteiger partial charge in [-0.3, -0.25) is 4.79 Å². The molecular formula is C19H15Cl2NO3S2. The lowest BCUT2D eigenvalue weighted by molar-refractivity contribution is -0.115. The lowest BCUT2D eigenvalue weighted by atomic mass is 10.2. The van der Waals surface area contributed by atoms with Crippen LogP contribution in [0.25, 0.3) is 6.08 Å². The topological polar surface area (TPSA) is 47.6 Å². The fourth-order valence-corrected chi connectivity index (χ4v) is 3.72. The van der Waals surface area contributed by atoms with E-state index in [2.05, 4.69) is 5.32 Å². The maximum absolute atomic E-state index is 11.9. The number of thioether (sulfide) groups is 1. The highest BCUT2D eigenvalue weighted by molar-refractivity contribution is 8.26. The molecule has 0 radical (unpaired) electrons. The number of halogens is 2. The first-order valence-corrected chi connectivity index (χ1v) is 10.1. The molecule has 1 fully saturated rings. The highest BCUT2D eigenvalue weighted by Crippen LogP contribution is 2.31. The molecule has 2 aromatic rings. The summed E-state index contributed by atoms with van der Waals surface area (Å²) < 4.78 is 11.9. The van der Waals surface area contributed by atoms with Crippen LogP contribution in [0.1, 0.15) is 12.0 Å². The van der Waals surface area contributed by atoms with Gasteiger partial charge in [0.2, 0.25) is 0 Å². The zero-order chi connectivity index (χ0) is 19.2. The number of para-hydroxylation sites is 1. The van der Waals surface area contributed by atoms with E-state index in [1.54, 1.807) is 30.3 Å². The molecule has 2 aromatic carbocycles. The molecule has 0 atom stereocenters. The smallest absolute Gasteiger partial charge is 0.263 e. The van der Waals surface area contributed by atoms with Crippen LogP contribution in [0.3, 0.4) is 0 Å². The minimum Gasteiger partial charge on any atom is -0.493 e. The number of rotatable bonds is 7. The first-order valence-electron chi connectivity index (χ1n) is 8.07. The number of hydrogen-bond donors (Lipinski definition) is 1. The Kier molecular flexibility index (Phi) is 7.01. The summed E-state index contributed by atoms with van der Waals surface area (Å²) >= 11 is 18.4. The van der Waals surface area contributed by atoms with Crippen molar-refractivity contribution in [2.45, 2.75) is 6.42 Å². The monoisotopic (exact) mass is 439 g/mol. The molecule has 0 unspecified atom stereocenters. The number of amides is 1. The third kappa shape index (κ3) is 5.62. The molecule has 8 heteroatoms. The molecule has 1 N–H and O–H groups in total. The molecule has 140 valence electrons. The van der Waals surface area contributed by atoms with Crippen LogP contribution in [-0.2, 0) is 4.79 Å². The summed E-state index contributed by atoms with van der Waals surface area (Å²) in [6.45, 7) is 0.917. The summed E-state index contributed by atoms with van der Waals surface area (Å²) in [5.74, 6) is 1.07. The van der Waals surface area contributed by atoms with Gasteiger partial charge in [0.1, 0.15) is 15.8 Å². The van der Waals surface area contributed by atoms with Gasteiger partial charge < -0.3 is 14.8 Å². The summed E-state index contributed by atoms with van der Waals surface area (Å²) in [6, 6.07) is 12.6. The quantitative estimate of drug-likeness (QED) is 0.358. The molecule has 1 aliphatic rings. The van der Waals surface area contributed by atoms with Crippen LogP contribution >= 0.6 is 47.2 Å². The minimum atomic E-state index is -0.218. The van der Waals surface area contributed by atoms with Crippen molar-refractivity contribution in [1.29, 1.82) is 0 Å². The number of thiocarbonyl (C=S) groups is 1. The number of hydrogen-bond acceptors (Lipinski definition) is 5. The predicted octanol–water partition coefficient (Wildman–Crippen LogP) is 5.33. The molecule has 1 heterocycles. The van der Waals surface area contributed by atoms with E-state index in [0.29, 0.717) is 50.4 Å². The van der Waals surface area contributed by atoms with Crippen molar-refractivity contribution in [3.8, 4) is 11.5 Å². The van der Waals surface area contributed by atoms with Crippen molar-refractivity contribution in [2.75, 3.05) is 13.2 Å². The lowest BCUT2D eigenvalue weighted by Gasteiger charge is -2.11. The molecule has 0 aliphatic carbocycles. The highest BCUT2D eigenvalue weighted by atomic mass is 35.5. The van der Waals surface area contributed by atoms with Crippen molar-refractivity contribution in [2.24, 2.45) is 0 Å². The second-order valence-electron chi connectivity index (χ2n) is 5.52. The summed E-state index contributed by atoms with van der Waals surface area (Å²) in [7, 11) is 0. The third-order valence-corrected chi connectivity index (χ3v) is 5.25. The molecule has 0 bridgehead atoms. The van der Waals surface area contributed by atoms with Gasteiger partial charge in [0.05, 0.1) is 23.1 Å². The molecule has 0 spiro atoms. The van der Waals surface area contributed by atoms with Gasteiger partial charge in [-0.05, 0) is 36.4 Å². The van der Waals surface area contributed by atoms with Crippen molar-refractivity contribution in [1.82, 2.24) is 5.32 Å². The number of benzene rings is 2. The van der Waals surface area contributed by atoms with Gasteiger partial charge in [-0.1, -0.05) is 59.3 Å². The largest absolute Gasteiger partial charge is 0.493 e. The molecule has 4 nitrogen and oxygen atoms in total. The van der Waals surface area contributed by atoms with Crippen molar-refractivity contribution in [3.63, 3.8) is 0 Å². The standard InChI is InChI=1S/C19H15Cl2NO3S2/c20-13-6-7-15(12(10-13)11-17-18(23)22-19(26)27-17)24-8-3-9-25-16-5-2-1-4-14(16)21/h1-2,4-7,10-11H,3,8-9H2,(H,22,23,26)/b17-11+. The highest BCUT2D eigenvalue weighted by Gasteiger charge is 2.22. The summed E-state index contributed by atoms with van der Waals surface area (Å²) in [6.07, 6.45) is 2.39. The van der Waals surface area contributed by atoms with Gasteiger partial charge in [0.15, 0.2) is 0 Å². The van der Waals surface area contributed by atoms with E-state index < -0.39 is 0 Å².